The molecular weight excluding hydrogens is 302 g/mol. The number of nitrogens with one attached hydrogen (secondary N) is 1. The van der Waals surface area contributed by atoms with Crippen LogP contribution in [0.25, 0.3) is 0 Å². The van der Waals surface area contributed by atoms with Crippen LogP contribution in [-0.4, -0.2) is 45.0 Å². The highest BCUT2D eigenvalue weighted by Gasteiger charge is 2.26. The average molecular weight is 329 g/mol. The van der Waals surface area contributed by atoms with E-state index in [1.54, 1.807) is 18.7 Å². The number of carbonyl (C=O) groups is 1. The largest absolute Gasteiger partial charge is 0.350 e. The minimum atomic E-state index is -0.0398. The van der Waals surface area contributed by atoms with E-state index in [1.165, 1.54) is 0 Å². The molecule has 6 nitrogen and oxygen atoms in total. The summed E-state index contributed by atoms with van der Waals surface area (Å²) in [5, 5.41) is 3.17. The molecule has 1 N–H and O–H groups in total. The van der Waals surface area contributed by atoms with Crippen LogP contribution >= 0.6 is 0 Å². The van der Waals surface area contributed by atoms with Crippen molar-refractivity contribution in [1.29, 1.82) is 0 Å². The lowest BCUT2D eigenvalue weighted by Gasteiger charge is -2.32. The van der Waals surface area contributed by atoms with Gasteiger partial charge in [-0.05, 0) is 24.1 Å². The molecule has 0 aliphatic heterocycles. The monoisotopic (exact) mass is 329 g/mol. The summed E-state index contributed by atoms with van der Waals surface area (Å²) >= 11 is 0. The predicted octanol–water partition coefficient (Wildman–Crippen LogP) is 1.94. The smallest absolute Gasteiger partial charge is 0.234 e. The zero-order chi connectivity index (χ0) is 17.6. The van der Waals surface area contributed by atoms with Crippen LogP contribution < -0.4 is 5.32 Å². The van der Waals surface area contributed by atoms with Crippen molar-refractivity contribution < 1.29 is 4.79 Å². The Morgan fingerprint density at radius 2 is 2.12 bits per heavy atom. The third kappa shape index (κ3) is 5.77. The van der Waals surface area contributed by atoms with Crippen molar-refractivity contribution in [3.8, 4) is 0 Å². The number of imidazole rings is 1. The molecule has 6 heteroatoms. The van der Waals surface area contributed by atoms with Gasteiger partial charge in [-0.15, -0.1) is 0 Å². The first-order chi connectivity index (χ1) is 11.3. The number of hydrogen-bond donors (Lipinski definition) is 1. The maximum atomic E-state index is 12.4. The second kappa shape index (κ2) is 8.06. The van der Waals surface area contributed by atoms with Crippen LogP contribution in [0.1, 0.15) is 26.3 Å². The van der Waals surface area contributed by atoms with Crippen LogP contribution in [0.3, 0.4) is 0 Å². The van der Waals surface area contributed by atoms with Crippen molar-refractivity contribution in [3.63, 3.8) is 0 Å². The molecule has 0 saturated carbocycles. The molecule has 2 aromatic heterocycles. The van der Waals surface area contributed by atoms with E-state index >= 15 is 0 Å². The molecule has 0 fully saturated rings. The average Bonchev–Trinajstić information content (AvgIpc) is 2.99. The predicted molar refractivity (Wildman–Crippen MR) is 94.2 cm³/mol. The van der Waals surface area contributed by atoms with Crippen LogP contribution in [-0.2, 0) is 17.9 Å². The van der Waals surface area contributed by atoms with E-state index in [0.717, 1.165) is 5.56 Å². The van der Waals surface area contributed by atoms with Crippen molar-refractivity contribution in [2.24, 2.45) is 5.41 Å². The molecule has 0 saturated heterocycles. The third-order valence-corrected chi connectivity index (χ3v) is 3.92. The van der Waals surface area contributed by atoms with Crippen molar-refractivity contribution in [3.05, 3.63) is 48.8 Å². The van der Waals surface area contributed by atoms with Gasteiger partial charge in [0.25, 0.3) is 0 Å². The van der Waals surface area contributed by atoms with Gasteiger partial charge in [0.05, 0.1) is 18.9 Å². The minimum absolute atomic E-state index is 0.0291. The molecule has 2 heterocycles. The molecule has 0 aliphatic carbocycles. The number of amides is 1. The van der Waals surface area contributed by atoms with Crippen molar-refractivity contribution in [2.45, 2.75) is 39.9 Å². The van der Waals surface area contributed by atoms with Gasteiger partial charge in [-0.3, -0.25) is 14.7 Å². The van der Waals surface area contributed by atoms with E-state index in [-0.39, 0.29) is 17.4 Å². The molecule has 2 rings (SSSR count). The second-order valence-corrected chi connectivity index (χ2v) is 7.28. The number of hydrogen-bond acceptors (Lipinski definition) is 4. The highest BCUT2D eigenvalue weighted by Crippen LogP contribution is 2.20. The fourth-order valence-corrected chi connectivity index (χ4v) is 2.49. The fourth-order valence-electron chi connectivity index (χ4n) is 2.49. The van der Waals surface area contributed by atoms with Gasteiger partial charge in [0, 0.05) is 37.9 Å². The van der Waals surface area contributed by atoms with Crippen LogP contribution in [0.15, 0.2) is 43.2 Å². The van der Waals surface area contributed by atoms with Crippen LogP contribution in [0.2, 0.25) is 0 Å². The quantitative estimate of drug-likeness (QED) is 0.843. The molecule has 0 radical (unpaired) electrons. The summed E-state index contributed by atoms with van der Waals surface area (Å²) in [4.78, 5) is 22.6. The van der Waals surface area contributed by atoms with Crippen LogP contribution in [0.5, 0.6) is 0 Å². The zero-order valence-corrected chi connectivity index (χ0v) is 14.9. The molecule has 0 bridgehead atoms. The number of nitrogens with zero attached hydrogens (tertiary/aromatic N) is 4. The van der Waals surface area contributed by atoms with Gasteiger partial charge in [0.15, 0.2) is 0 Å². The maximum Gasteiger partial charge on any atom is 0.234 e. The van der Waals surface area contributed by atoms with E-state index in [2.05, 4.69) is 36.1 Å². The first-order valence-electron chi connectivity index (χ1n) is 8.17. The van der Waals surface area contributed by atoms with Crippen molar-refractivity contribution in [1.82, 2.24) is 24.8 Å². The number of likely N-dealkylation sites (N-methyl/N-ethyl adjacent to an activating group) is 1. The summed E-state index contributed by atoms with van der Waals surface area (Å²) in [6.07, 6.45) is 9.02. The van der Waals surface area contributed by atoms with Gasteiger partial charge < -0.3 is 9.88 Å². The Hall–Kier alpha value is -2.21. The SMILES string of the molecule is CN(CC(=O)NC(Cn1ccnc1)C(C)(C)C)Cc1cccnc1. The van der Waals surface area contributed by atoms with Crippen molar-refractivity contribution >= 4 is 5.91 Å². The summed E-state index contributed by atoms with van der Waals surface area (Å²) < 4.78 is 2.00. The Balaban J connectivity index is 1.90. The molecule has 1 unspecified atom stereocenters. The standard InChI is InChI=1S/C18H27N5O/c1-18(2,3)16(12-23-9-8-20-14-23)21-17(24)13-22(4)11-15-6-5-7-19-10-15/h5-10,14,16H,11-13H2,1-4H3,(H,21,24). The normalized spacial score (nSPS) is 13.0. The fraction of sp³-hybridized carbons (Fsp3) is 0.500. The molecule has 1 amide bonds. The Morgan fingerprint density at radius 3 is 2.71 bits per heavy atom. The zero-order valence-electron chi connectivity index (χ0n) is 14.9. The maximum absolute atomic E-state index is 12.4. The minimum Gasteiger partial charge on any atom is -0.350 e. The first-order valence-corrected chi connectivity index (χ1v) is 8.17. The Bertz CT molecular complexity index is 619. The molecular formula is C18H27N5O. The lowest BCUT2D eigenvalue weighted by atomic mass is 9.86. The van der Waals surface area contributed by atoms with E-state index in [1.807, 2.05) is 41.0 Å². The highest BCUT2D eigenvalue weighted by molar-refractivity contribution is 5.78. The summed E-state index contributed by atoms with van der Waals surface area (Å²) in [5.74, 6) is 0.0291. The van der Waals surface area contributed by atoms with Gasteiger partial charge in [0.1, 0.15) is 0 Å². The third-order valence-electron chi connectivity index (χ3n) is 3.92. The van der Waals surface area contributed by atoms with Gasteiger partial charge in [0.2, 0.25) is 5.91 Å². The number of carbonyl (C=O) groups excluding carboxylic acids is 1. The molecule has 1 atom stereocenters. The number of rotatable bonds is 7. The summed E-state index contributed by atoms with van der Waals surface area (Å²) in [5.41, 5.74) is 1.06. The van der Waals surface area contributed by atoms with E-state index < -0.39 is 0 Å². The lowest BCUT2D eigenvalue weighted by Crippen LogP contribution is -2.49. The molecule has 0 spiro atoms. The Kier molecular flexibility index (Phi) is 6.09. The van der Waals surface area contributed by atoms with Gasteiger partial charge in [-0.1, -0.05) is 26.8 Å². The van der Waals surface area contributed by atoms with E-state index in [9.17, 15) is 4.79 Å². The lowest BCUT2D eigenvalue weighted by molar-refractivity contribution is -0.123. The van der Waals surface area contributed by atoms with Crippen molar-refractivity contribution in [2.75, 3.05) is 13.6 Å². The van der Waals surface area contributed by atoms with Gasteiger partial charge in [-0.2, -0.15) is 0 Å². The second-order valence-electron chi connectivity index (χ2n) is 7.28. The van der Waals surface area contributed by atoms with Crippen LogP contribution in [0.4, 0.5) is 0 Å². The Labute approximate surface area is 143 Å². The van der Waals surface area contributed by atoms with E-state index in [0.29, 0.717) is 19.6 Å². The molecule has 0 aromatic carbocycles. The van der Waals surface area contributed by atoms with Gasteiger partial charge in [-0.25, -0.2) is 4.98 Å². The highest BCUT2D eigenvalue weighted by atomic mass is 16.2. The molecule has 0 aliphatic rings. The Morgan fingerprint density at radius 1 is 1.33 bits per heavy atom. The van der Waals surface area contributed by atoms with E-state index in [4.69, 9.17) is 0 Å². The molecule has 2 aromatic rings. The summed E-state index contributed by atoms with van der Waals surface area (Å²) in [6.45, 7) is 8.16. The first kappa shape index (κ1) is 18.1. The molecule has 130 valence electrons. The number of pyridine rings is 1. The van der Waals surface area contributed by atoms with Crippen LogP contribution in [0, 0.1) is 5.41 Å². The summed E-state index contributed by atoms with van der Waals surface area (Å²) in [6, 6.07) is 3.95. The molecule has 24 heavy (non-hydrogen) atoms. The summed E-state index contributed by atoms with van der Waals surface area (Å²) in [7, 11) is 1.94. The number of aromatic nitrogens is 3. The van der Waals surface area contributed by atoms with Gasteiger partial charge >= 0.3 is 0 Å². The topological polar surface area (TPSA) is 63.1 Å².